The van der Waals surface area contributed by atoms with Crippen LogP contribution in [0.15, 0.2) is 23.1 Å². The Morgan fingerprint density at radius 2 is 2.36 bits per heavy atom. The largest absolute Gasteiger partial charge is 0.338 e. The summed E-state index contributed by atoms with van der Waals surface area (Å²) < 4.78 is 4.81. The van der Waals surface area contributed by atoms with Crippen LogP contribution in [0, 0.1) is 11.3 Å². The maximum atomic E-state index is 8.39. The van der Waals surface area contributed by atoms with Crippen LogP contribution in [0.2, 0.25) is 0 Å². The molecule has 0 aliphatic carbocycles. The Balaban J connectivity index is 2.31. The lowest BCUT2D eigenvalue weighted by Crippen LogP contribution is -1.86. The lowest BCUT2D eigenvalue weighted by molar-refractivity contribution is 0.387. The van der Waals surface area contributed by atoms with Crippen LogP contribution in [0.25, 0.3) is 11.5 Å². The van der Waals surface area contributed by atoms with E-state index in [-0.39, 0.29) is 12.3 Å². The van der Waals surface area contributed by atoms with Crippen LogP contribution in [0.4, 0.5) is 0 Å². The first-order valence-corrected chi connectivity index (χ1v) is 3.86. The minimum Gasteiger partial charge on any atom is -0.338 e. The lowest BCUT2D eigenvalue weighted by atomic mass is 10.4. The van der Waals surface area contributed by atoms with E-state index in [2.05, 4.69) is 20.1 Å². The molecule has 0 atom stereocenters. The molecule has 0 radical (unpaired) electrons. The van der Waals surface area contributed by atoms with E-state index in [9.17, 15) is 0 Å². The zero-order valence-electron chi connectivity index (χ0n) is 7.08. The monoisotopic (exact) mass is 187 g/mol. The van der Waals surface area contributed by atoms with Crippen LogP contribution in [-0.4, -0.2) is 20.1 Å². The normalized spacial score (nSPS) is 9.64. The molecular weight excluding hydrogens is 182 g/mol. The third-order valence-corrected chi connectivity index (χ3v) is 1.49. The summed E-state index contributed by atoms with van der Waals surface area (Å²) in [6.45, 7) is 0. The summed E-state index contributed by atoms with van der Waals surface area (Å²) in [5.74, 6) is 0.636. The second-order valence-corrected chi connectivity index (χ2v) is 2.44. The van der Waals surface area contributed by atoms with Crippen molar-refractivity contribution in [3.8, 4) is 17.6 Å². The van der Waals surface area contributed by atoms with Crippen LogP contribution >= 0.6 is 0 Å². The zero-order valence-corrected chi connectivity index (χ0v) is 7.08. The van der Waals surface area contributed by atoms with E-state index in [1.807, 2.05) is 6.07 Å². The Hall–Kier alpha value is -2.29. The van der Waals surface area contributed by atoms with Crippen LogP contribution in [0.5, 0.6) is 0 Å². The van der Waals surface area contributed by atoms with Gasteiger partial charge in [-0.15, -0.1) is 0 Å². The van der Waals surface area contributed by atoms with Gasteiger partial charge in [0.1, 0.15) is 12.1 Å². The van der Waals surface area contributed by atoms with E-state index >= 15 is 0 Å². The number of aromatic nitrogens is 4. The molecule has 0 saturated heterocycles. The SMILES string of the molecule is N#CCc1nc(-c2cnccn2)no1. The van der Waals surface area contributed by atoms with Crippen molar-refractivity contribution in [2.45, 2.75) is 6.42 Å². The van der Waals surface area contributed by atoms with Crippen LogP contribution < -0.4 is 0 Å². The first-order valence-electron chi connectivity index (χ1n) is 3.86. The highest BCUT2D eigenvalue weighted by molar-refractivity contribution is 5.45. The minimum atomic E-state index is 0.104. The van der Waals surface area contributed by atoms with E-state index in [1.54, 1.807) is 6.20 Å². The maximum Gasteiger partial charge on any atom is 0.241 e. The third-order valence-electron chi connectivity index (χ3n) is 1.49. The number of nitriles is 1. The summed E-state index contributed by atoms with van der Waals surface area (Å²) in [7, 11) is 0. The average Bonchev–Trinajstić information content (AvgIpc) is 2.68. The Kier molecular flexibility index (Phi) is 2.15. The molecule has 2 aromatic heterocycles. The molecule has 0 spiro atoms. The van der Waals surface area contributed by atoms with E-state index in [1.165, 1.54) is 12.4 Å². The van der Waals surface area contributed by atoms with Gasteiger partial charge in [-0.3, -0.25) is 4.98 Å². The Morgan fingerprint density at radius 3 is 3.07 bits per heavy atom. The van der Waals surface area contributed by atoms with Gasteiger partial charge < -0.3 is 4.52 Å². The molecule has 2 heterocycles. The molecule has 0 N–H and O–H groups in total. The summed E-state index contributed by atoms with van der Waals surface area (Å²) in [4.78, 5) is 11.8. The fourth-order valence-corrected chi connectivity index (χ4v) is 0.913. The first-order chi connectivity index (χ1) is 6.90. The van der Waals surface area contributed by atoms with Crippen molar-refractivity contribution >= 4 is 0 Å². The van der Waals surface area contributed by atoms with Gasteiger partial charge in [-0.05, 0) is 0 Å². The van der Waals surface area contributed by atoms with Gasteiger partial charge in [0.15, 0.2) is 0 Å². The predicted molar refractivity (Wildman–Crippen MR) is 44.6 cm³/mol. The fraction of sp³-hybridized carbons (Fsp3) is 0.125. The first kappa shape index (κ1) is 8.31. The predicted octanol–water partition coefficient (Wildman–Crippen LogP) is 0.593. The van der Waals surface area contributed by atoms with Gasteiger partial charge >= 0.3 is 0 Å². The Morgan fingerprint density at radius 1 is 1.43 bits per heavy atom. The molecule has 0 fully saturated rings. The molecule has 0 amide bonds. The van der Waals surface area contributed by atoms with Crippen molar-refractivity contribution in [3.05, 3.63) is 24.5 Å². The molecule has 0 unspecified atom stereocenters. The number of hydrogen-bond donors (Lipinski definition) is 0. The van der Waals surface area contributed by atoms with E-state index in [0.717, 1.165) is 0 Å². The highest BCUT2D eigenvalue weighted by Crippen LogP contribution is 2.10. The highest BCUT2D eigenvalue weighted by atomic mass is 16.5. The van der Waals surface area contributed by atoms with Gasteiger partial charge in [-0.2, -0.15) is 10.2 Å². The summed E-state index contributed by atoms with van der Waals surface area (Å²) in [6.07, 6.45) is 4.73. The quantitative estimate of drug-likeness (QED) is 0.683. The molecule has 6 heteroatoms. The van der Waals surface area contributed by atoms with E-state index in [4.69, 9.17) is 9.78 Å². The average molecular weight is 187 g/mol. The van der Waals surface area contributed by atoms with Gasteiger partial charge in [-0.25, -0.2) is 4.98 Å². The van der Waals surface area contributed by atoms with Gasteiger partial charge in [0.2, 0.25) is 11.7 Å². The molecular formula is C8H5N5O. The van der Waals surface area contributed by atoms with Crippen molar-refractivity contribution in [2.75, 3.05) is 0 Å². The summed E-state index contributed by atoms with van der Waals surface area (Å²) >= 11 is 0. The maximum absolute atomic E-state index is 8.39. The lowest BCUT2D eigenvalue weighted by Gasteiger charge is -1.88. The molecule has 0 aliphatic rings. The van der Waals surface area contributed by atoms with E-state index in [0.29, 0.717) is 11.5 Å². The third kappa shape index (κ3) is 1.56. The van der Waals surface area contributed by atoms with Crippen molar-refractivity contribution < 1.29 is 4.52 Å². The molecule has 6 nitrogen and oxygen atoms in total. The smallest absolute Gasteiger partial charge is 0.241 e. The summed E-state index contributed by atoms with van der Waals surface area (Å²) in [6, 6.07) is 1.92. The molecule has 14 heavy (non-hydrogen) atoms. The van der Waals surface area contributed by atoms with E-state index < -0.39 is 0 Å². The molecule has 2 rings (SSSR count). The Labute approximate surface area is 79.2 Å². The van der Waals surface area contributed by atoms with Gasteiger partial charge in [0.25, 0.3) is 0 Å². The minimum absolute atomic E-state index is 0.104. The molecule has 0 aromatic carbocycles. The van der Waals surface area contributed by atoms with Crippen molar-refractivity contribution in [2.24, 2.45) is 0 Å². The fourth-order valence-electron chi connectivity index (χ4n) is 0.913. The number of rotatable bonds is 2. The standard InChI is InChI=1S/C8H5N5O/c9-2-1-7-12-8(13-14-7)6-5-10-3-4-11-6/h3-5H,1H2. The number of nitrogens with zero attached hydrogens (tertiary/aromatic N) is 5. The molecule has 0 bridgehead atoms. The van der Waals surface area contributed by atoms with Crippen LogP contribution in [0.3, 0.4) is 0 Å². The van der Waals surface area contributed by atoms with Gasteiger partial charge in [0, 0.05) is 12.4 Å². The summed E-state index contributed by atoms with van der Waals surface area (Å²) in [5, 5.41) is 12.1. The molecule has 2 aromatic rings. The molecule has 68 valence electrons. The molecule has 0 saturated carbocycles. The van der Waals surface area contributed by atoms with Crippen LogP contribution in [0.1, 0.15) is 5.89 Å². The van der Waals surface area contributed by atoms with Crippen molar-refractivity contribution in [1.29, 1.82) is 5.26 Å². The van der Waals surface area contributed by atoms with Crippen LogP contribution in [-0.2, 0) is 6.42 Å². The summed E-state index contributed by atoms with van der Waals surface area (Å²) in [5.41, 5.74) is 0.528. The van der Waals surface area contributed by atoms with Crippen molar-refractivity contribution in [3.63, 3.8) is 0 Å². The second-order valence-electron chi connectivity index (χ2n) is 2.44. The Bertz CT molecular complexity index is 458. The zero-order chi connectivity index (χ0) is 9.80. The highest BCUT2D eigenvalue weighted by Gasteiger charge is 2.08. The molecule has 0 aliphatic heterocycles. The van der Waals surface area contributed by atoms with Gasteiger partial charge in [0.05, 0.1) is 12.3 Å². The topological polar surface area (TPSA) is 88.5 Å². The van der Waals surface area contributed by atoms with Gasteiger partial charge in [-0.1, -0.05) is 5.16 Å². The second kappa shape index (κ2) is 3.62. The van der Waals surface area contributed by atoms with Crippen molar-refractivity contribution in [1.82, 2.24) is 20.1 Å². The number of hydrogen-bond acceptors (Lipinski definition) is 6.